The predicted octanol–water partition coefficient (Wildman–Crippen LogP) is -3.26. The van der Waals surface area contributed by atoms with Crippen molar-refractivity contribution in [1.29, 1.82) is 0 Å². The van der Waals surface area contributed by atoms with Crippen molar-refractivity contribution >= 4 is 35.6 Å². The minimum atomic E-state index is -1.45. The third-order valence-electron chi connectivity index (χ3n) is 4.35. The molecule has 4 unspecified atom stereocenters. The SMILES string of the molecule is CC(NC(=O)C(CCCCN)NC(=O)C(N)CC(N)=O)C(=O)NC(CCC(=O)O)C(=O)O. The Morgan fingerprint density at radius 2 is 1.44 bits per heavy atom. The molecule has 4 amide bonds. The lowest BCUT2D eigenvalue weighted by molar-refractivity contribution is -0.143. The molecule has 14 nitrogen and oxygen atoms in total. The molecule has 0 saturated heterocycles. The summed E-state index contributed by atoms with van der Waals surface area (Å²) < 4.78 is 0. The topological polar surface area (TPSA) is 257 Å². The molecular formula is C18H32N6O8. The molecule has 32 heavy (non-hydrogen) atoms. The summed E-state index contributed by atoms with van der Waals surface area (Å²) in [6.07, 6.45) is -0.0352. The van der Waals surface area contributed by atoms with E-state index in [2.05, 4.69) is 16.0 Å². The molecule has 0 heterocycles. The Balaban J connectivity index is 5.08. The largest absolute Gasteiger partial charge is 0.481 e. The third kappa shape index (κ3) is 11.8. The van der Waals surface area contributed by atoms with Gasteiger partial charge in [-0.3, -0.25) is 24.0 Å². The molecule has 0 aliphatic rings. The van der Waals surface area contributed by atoms with E-state index in [1.54, 1.807) is 0 Å². The molecule has 0 radical (unpaired) electrons. The molecule has 0 spiro atoms. The number of unbranched alkanes of at least 4 members (excludes halogenated alkanes) is 1. The van der Waals surface area contributed by atoms with Crippen molar-refractivity contribution in [2.75, 3.05) is 6.54 Å². The summed E-state index contributed by atoms with van der Waals surface area (Å²) in [5.74, 6) is -5.81. The Hall–Kier alpha value is -3.26. The van der Waals surface area contributed by atoms with Crippen LogP contribution in [0.1, 0.15) is 45.4 Å². The molecule has 11 N–H and O–H groups in total. The molecule has 0 rings (SSSR count). The van der Waals surface area contributed by atoms with Crippen LogP contribution in [0.2, 0.25) is 0 Å². The molecule has 0 fully saturated rings. The van der Waals surface area contributed by atoms with Crippen LogP contribution in [0, 0.1) is 0 Å². The quantitative estimate of drug-likeness (QED) is 0.107. The van der Waals surface area contributed by atoms with Gasteiger partial charge in [-0.25, -0.2) is 4.79 Å². The zero-order valence-corrected chi connectivity index (χ0v) is 17.8. The zero-order chi connectivity index (χ0) is 24.8. The fourth-order valence-corrected chi connectivity index (χ4v) is 2.55. The second kappa shape index (κ2) is 14.7. The first-order chi connectivity index (χ1) is 14.9. The highest BCUT2D eigenvalue weighted by Gasteiger charge is 2.28. The van der Waals surface area contributed by atoms with Gasteiger partial charge in [0, 0.05) is 6.42 Å². The minimum absolute atomic E-state index is 0.169. The number of carboxylic acid groups (broad SMARTS) is 2. The van der Waals surface area contributed by atoms with Crippen LogP contribution in [0.25, 0.3) is 0 Å². The number of carbonyl (C=O) groups is 6. The second-order valence-electron chi connectivity index (χ2n) is 7.18. The summed E-state index contributed by atoms with van der Waals surface area (Å²) in [5.41, 5.74) is 16.0. The Morgan fingerprint density at radius 3 is 1.94 bits per heavy atom. The first kappa shape index (κ1) is 28.7. The normalized spacial score (nSPS) is 14.3. The second-order valence-corrected chi connectivity index (χ2v) is 7.18. The summed E-state index contributed by atoms with van der Waals surface area (Å²) in [7, 11) is 0. The number of amides is 4. The molecule has 0 bridgehead atoms. The molecule has 0 aromatic heterocycles. The van der Waals surface area contributed by atoms with Crippen molar-refractivity contribution in [3.63, 3.8) is 0 Å². The van der Waals surface area contributed by atoms with Gasteiger partial charge >= 0.3 is 11.9 Å². The van der Waals surface area contributed by atoms with Gasteiger partial charge in [-0.15, -0.1) is 0 Å². The van der Waals surface area contributed by atoms with Crippen molar-refractivity contribution in [3.05, 3.63) is 0 Å². The van der Waals surface area contributed by atoms with Crippen molar-refractivity contribution in [3.8, 4) is 0 Å². The lowest BCUT2D eigenvalue weighted by atomic mass is 10.1. The smallest absolute Gasteiger partial charge is 0.326 e. The van der Waals surface area contributed by atoms with Crippen LogP contribution >= 0.6 is 0 Å². The average molecular weight is 460 g/mol. The Bertz CT molecular complexity index is 701. The monoisotopic (exact) mass is 460 g/mol. The van der Waals surface area contributed by atoms with Crippen LogP contribution in [-0.4, -0.2) is 76.5 Å². The molecule has 0 aliphatic heterocycles. The van der Waals surface area contributed by atoms with Crippen molar-refractivity contribution in [2.45, 2.75) is 69.6 Å². The lowest BCUT2D eigenvalue weighted by Gasteiger charge is -2.23. The van der Waals surface area contributed by atoms with E-state index < -0.39 is 72.6 Å². The Labute approximate surface area is 184 Å². The molecule has 0 aromatic carbocycles. The lowest BCUT2D eigenvalue weighted by Crippen LogP contribution is -2.56. The predicted molar refractivity (Wildman–Crippen MR) is 111 cm³/mol. The van der Waals surface area contributed by atoms with E-state index >= 15 is 0 Å². The van der Waals surface area contributed by atoms with E-state index in [0.717, 1.165) is 0 Å². The molecule has 0 aliphatic carbocycles. The van der Waals surface area contributed by atoms with Gasteiger partial charge in [0.15, 0.2) is 0 Å². The maximum Gasteiger partial charge on any atom is 0.326 e. The number of rotatable bonds is 16. The van der Waals surface area contributed by atoms with Crippen LogP contribution < -0.4 is 33.2 Å². The van der Waals surface area contributed by atoms with Crippen LogP contribution in [-0.2, 0) is 28.8 Å². The van der Waals surface area contributed by atoms with Gasteiger partial charge in [-0.05, 0) is 39.2 Å². The van der Waals surface area contributed by atoms with E-state index in [-0.39, 0.29) is 12.8 Å². The maximum absolute atomic E-state index is 12.6. The molecule has 0 aromatic rings. The number of primary amides is 1. The summed E-state index contributed by atoms with van der Waals surface area (Å²) in [6, 6.07) is -5.00. The van der Waals surface area contributed by atoms with E-state index in [0.29, 0.717) is 19.4 Å². The van der Waals surface area contributed by atoms with Gasteiger partial charge in [0.25, 0.3) is 0 Å². The zero-order valence-electron chi connectivity index (χ0n) is 17.8. The molecular weight excluding hydrogens is 428 g/mol. The summed E-state index contributed by atoms with van der Waals surface area (Å²) in [5, 5.41) is 24.7. The number of carboxylic acids is 2. The molecule has 4 atom stereocenters. The van der Waals surface area contributed by atoms with Gasteiger partial charge in [0.05, 0.1) is 12.5 Å². The number of hydrogen-bond donors (Lipinski definition) is 8. The van der Waals surface area contributed by atoms with Crippen molar-refractivity contribution in [1.82, 2.24) is 16.0 Å². The van der Waals surface area contributed by atoms with E-state index in [4.69, 9.17) is 27.4 Å². The third-order valence-corrected chi connectivity index (χ3v) is 4.35. The number of nitrogens with two attached hydrogens (primary N) is 3. The minimum Gasteiger partial charge on any atom is -0.481 e. The van der Waals surface area contributed by atoms with Crippen LogP contribution in [0.15, 0.2) is 0 Å². The first-order valence-corrected chi connectivity index (χ1v) is 9.98. The Kier molecular flexibility index (Phi) is 13.2. The first-order valence-electron chi connectivity index (χ1n) is 9.98. The van der Waals surface area contributed by atoms with Crippen LogP contribution in [0.5, 0.6) is 0 Å². The van der Waals surface area contributed by atoms with Crippen LogP contribution in [0.3, 0.4) is 0 Å². The van der Waals surface area contributed by atoms with E-state index in [1.165, 1.54) is 6.92 Å². The van der Waals surface area contributed by atoms with Gasteiger partial charge in [-0.1, -0.05) is 0 Å². The molecule has 14 heteroatoms. The number of nitrogens with one attached hydrogen (secondary N) is 3. The molecule has 182 valence electrons. The average Bonchev–Trinajstić information content (AvgIpc) is 2.68. The van der Waals surface area contributed by atoms with Crippen molar-refractivity contribution in [2.24, 2.45) is 17.2 Å². The van der Waals surface area contributed by atoms with Crippen molar-refractivity contribution < 1.29 is 39.0 Å². The highest BCUT2D eigenvalue weighted by Crippen LogP contribution is 2.04. The summed E-state index contributed by atoms with van der Waals surface area (Å²) in [4.78, 5) is 69.8. The number of aliphatic carboxylic acids is 2. The number of hydrogen-bond acceptors (Lipinski definition) is 8. The number of carbonyl (C=O) groups excluding carboxylic acids is 4. The van der Waals surface area contributed by atoms with Gasteiger partial charge in [-0.2, -0.15) is 0 Å². The van der Waals surface area contributed by atoms with Gasteiger partial charge in [0.1, 0.15) is 18.1 Å². The standard InChI is InChI=1S/C18H32N6O8/c1-9(15(28)24-12(18(31)32)5-6-14(26)27)22-17(30)11(4-2-3-7-19)23-16(29)10(20)8-13(21)25/h9-12H,2-8,19-20H2,1H3,(H2,21,25)(H,22,30)(H,23,29)(H,24,28)(H,26,27)(H,31,32). The van der Waals surface area contributed by atoms with E-state index in [9.17, 15) is 28.8 Å². The molecule has 0 saturated carbocycles. The van der Waals surface area contributed by atoms with Gasteiger partial charge < -0.3 is 43.4 Å². The fourth-order valence-electron chi connectivity index (χ4n) is 2.55. The summed E-state index contributed by atoms with van der Waals surface area (Å²) >= 11 is 0. The van der Waals surface area contributed by atoms with Gasteiger partial charge in [0.2, 0.25) is 23.6 Å². The highest BCUT2D eigenvalue weighted by atomic mass is 16.4. The summed E-state index contributed by atoms with van der Waals surface area (Å²) in [6.45, 7) is 1.65. The fraction of sp³-hybridized carbons (Fsp3) is 0.667. The van der Waals surface area contributed by atoms with E-state index in [1.807, 2.05) is 0 Å². The van der Waals surface area contributed by atoms with Crippen LogP contribution in [0.4, 0.5) is 0 Å². The Morgan fingerprint density at radius 1 is 0.844 bits per heavy atom. The maximum atomic E-state index is 12.6. The highest BCUT2D eigenvalue weighted by molar-refractivity contribution is 5.94.